The molecule has 0 fully saturated rings. The van der Waals surface area contributed by atoms with E-state index in [2.05, 4.69) is 10.1 Å². The molecule has 39 heavy (non-hydrogen) atoms. The van der Waals surface area contributed by atoms with Crippen molar-refractivity contribution in [3.63, 3.8) is 0 Å². The molecule has 0 saturated heterocycles. The van der Waals surface area contributed by atoms with E-state index in [1.54, 1.807) is 60.7 Å². The van der Waals surface area contributed by atoms with E-state index < -0.39 is 17.9 Å². The fourth-order valence-electron chi connectivity index (χ4n) is 3.25. The van der Waals surface area contributed by atoms with Crippen LogP contribution in [-0.4, -0.2) is 62.9 Å². The van der Waals surface area contributed by atoms with Crippen molar-refractivity contribution in [1.29, 1.82) is 0 Å². The standard InChI is InChI=1S/C27H23N3O9/c1-34-24(31)17-4-10-20(11-5-17)37-23-16-30(39-22-14-8-19(9-15-22)26(33)36-3)29-27(28-23)38-21-12-6-18(7-13-21)25(32)35-2/h4-15H,16H2,1-3H3. The van der Waals surface area contributed by atoms with Crippen molar-refractivity contribution in [3.8, 4) is 17.2 Å². The quantitative estimate of drug-likeness (QED) is 0.328. The normalized spacial score (nSPS) is 12.4. The highest BCUT2D eigenvalue weighted by Crippen LogP contribution is 2.20. The summed E-state index contributed by atoms with van der Waals surface area (Å²) in [4.78, 5) is 45.2. The van der Waals surface area contributed by atoms with E-state index in [1.165, 1.54) is 38.6 Å². The van der Waals surface area contributed by atoms with E-state index >= 15 is 0 Å². The van der Waals surface area contributed by atoms with Gasteiger partial charge in [0.25, 0.3) is 0 Å². The first-order valence-corrected chi connectivity index (χ1v) is 11.4. The van der Waals surface area contributed by atoms with Crippen LogP contribution in [0.1, 0.15) is 31.1 Å². The molecule has 0 radical (unpaired) electrons. The van der Waals surface area contributed by atoms with Gasteiger partial charge in [-0.3, -0.25) is 0 Å². The number of hydrazone groups is 1. The maximum atomic E-state index is 11.7. The Bertz CT molecular complexity index is 1400. The van der Waals surface area contributed by atoms with Crippen molar-refractivity contribution in [2.45, 2.75) is 0 Å². The van der Waals surface area contributed by atoms with Crippen LogP contribution in [-0.2, 0) is 14.2 Å². The summed E-state index contributed by atoms with van der Waals surface area (Å²) in [5.41, 5.74) is 1.06. The highest BCUT2D eigenvalue weighted by Gasteiger charge is 2.22. The molecule has 0 amide bonds. The second kappa shape index (κ2) is 12.2. The molecule has 0 N–H and O–H groups in total. The number of nitrogens with zero attached hydrogens (tertiary/aromatic N) is 3. The first kappa shape index (κ1) is 26.7. The molecule has 200 valence electrons. The average Bonchev–Trinajstić information content (AvgIpc) is 2.97. The monoisotopic (exact) mass is 533 g/mol. The van der Waals surface area contributed by atoms with Gasteiger partial charge in [-0.1, -0.05) is 5.10 Å². The van der Waals surface area contributed by atoms with Gasteiger partial charge in [-0.25, -0.2) is 14.4 Å². The summed E-state index contributed by atoms with van der Waals surface area (Å²) in [5.74, 6) is -0.159. The summed E-state index contributed by atoms with van der Waals surface area (Å²) < 4.78 is 25.8. The molecule has 0 spiro atoms. The van der Waals surface area contributed by atoms with Crippen LogP contribution in [0.4, 0.5) is 0 Å². The molecule has 0 aliphatic carbocycles. The van der Waals surface area contributed by atoms with Gasteiger partial charge in [0.1, 0.15) is 11.5 Å². The van der Waals surface area contributed by atoms with Crippen LogP contribution in [0.15, 0.2) is 82.9 Å². The summed E-state index contributed by atoms with van der Waals surface area (Å²) in [6.45, 7) is -0.00829. The van der Waals surface area contributed by atoms with Crippen molar-refractivity contribution in [3.05, 3.63) is 89.5 Å². The molecule has 1 aliphatic heterocycles. The number of benzene rings is 3. The van der Waals surface area contributed by atoms with Gasteiger partial charge >= 0.3 is 23.9 Å². The molecule has 0 aromatic heterocycles. The highest BCUT2D eigenvalue weighted by atomic mass is 16.7. The molecule has 0 unspecified atom stereocenters. The SMILES string of the molecule is COC(=O)c1ccc(OC2=NC(Oc3ccc(C(=O)OC)cc3)=NN(Oc3ccc(C(=O)OC)cc3)C2)cc1. The summed E-state index contributed by atoms with van der Waals surface area (Å²) in [7, 11) is 3.88. The second-order valence-corrected chi connectivity index (χ2v) is 7.74. The van der Waals surface area contributed by atoms with Crippen LogP contribution in [0, 0.1) is 0 Å². The topological polar surface area (TPSA) is 135 Å². The number of esters is 3. The van der Waals surface area contributed by atoms with Crippen LogP contribution in [0.25, 0.3) is 0 Å². The Morgan fingerprint density at radius 3 is 1.46 bits per heavy atom. The van der Waals surface area contributed by atoms with E-state index in [4.69, 9.17) is 28.5 Å². The Labute approximate surface area is 222 Å². The minimum Gasteiger partial charge on any atom is -0.465 e. The minimum atomic E-state index is -0.485. The lowest BCUT2D eigenvalue weighted by molar-refractivity contribution is -0.0475. The molecular weight excluding hydrogens is 510 g/mol. The number of hydrogen-bond donors (Lipinski definition) is 0. The van der Waals surface area contributed by atoms with Gasteiger partial charge in [-0.15, -0.1) is 5.17 Å². The lowest BCUT2D eigenvalue weighted by Crippen LogP contribution is -2.37. The Hall–Kier alpha value is -5.39. The molecule has 12 heteroatoms. The molecule has 1 heterocycles. The molecule has 0 atom stereocenters. The third-order valence-electron chi connectivity index (χ3n) is 5.17. The van der Waals surface area contributed by atoms with E-state index in [1.807, 2.05) is 0 Å². The van der Waals surface area contributed by atoms with Gasteiger partial charge in [0.2, 0.25) is 5.90 Å². The van der Waals surface area contributed by atoms with Gasteiger partial charge in [-0.2, -0.15) is 4.99 Å². The van der Waals surface area contributed by atoms with Gasteiger partial charge in [0.15, 0.2) is 12.3 Å². The van der Waals surface area contributed by atoms with Crippen molar-refractivity contribution in [1.82, 2.24) is 5.17 Å². The van der Waals surface area contributed by atoms with E-state index in [-0.39, 0.29) is 18.5 Å². The molecular formula is C27H23N3O9. The van der Waals surface area contributed by atoms with E-state index in [9.17, 15) is 14.4 Å². The zero-order chi connectivity index (χ0) is 27.8. The number of ether oxygens (including phenoxy) is 5. The molecule has 0 bridgehead atoms. The lowest BCUT2D eigenvalue weighted by atomic mass is 10.2. The third-order valence-corrected chi connectivity index (χ3v) is 5.17. The maximum Gasteiger partial charge on any atom is 0.345 e. The second-order valence-electron chi connectivity index (χ2n) is 7.74. The fraction of sp³-hybridized carbons (Fsp3) is 0.148. The summed E-state index contributed by atoms with van der Waals surface area (Å²) in [6.07, 6.45) is 0. The Balaban J connectivity index is 1.54. The highest BCUT2D eigenvalue weighted by molar-refractivity contribution is 5.95. The Morgan fingerprint density at radius 2 is 1.03 bits per heavy atom. The van der Waals surface area contributed by atoms with Gasteiger partial charge in [0.05, 0.1) is 38.0 Å². The lowest BCUT2D eigenvalue weighted by Gasteiger charge is -2.23. The number of methoxy groups -OCH3 is 3. The maximum absolute atomic E-state index is 11.7. The Kier molecular flexibility index (Phi) is 8.36. The number of hydroxylamine groups is 1. The fourth-order valence-corrected chi connectivity index (χ4v) is 3.25. The predicted octanol–water partition coefficient (Wildman–Crippen LogP) is 3.48. The minimum absolute atomic E-state index is 0.00829. The van der Waals surface area contributed by atoms with Gasteiger partial charge in [0, 0.05) is 0 Å². The number of carbonyl (C=O) groups is 3. The molecule has 3 aromatic carbocycles. The molecule has 0 saturated carbocycles. The predicted molar refractivity (Wildman–Crippen MR) is 137 cm³/mol. The van der Waals surface area contributed by atoms with Crippen molar-refractivity contribution in [2.24, 2.45) is 10.1 Å². The summed E-state index contributed by atoms with van der Waals surface area (Å²) in [5, 5.41) is 5.44. The summed E-state index contributed by atoms with van der Waals surface area (Å²) in [6, 6.07) is 18.6. The van der Waals surface area contributed by atoms with Crippen LogP contribution >= 0.6 is 0 Å². The number of rotatable bonds is 7. The Morgan fingerprint density at radius 1 is 0.615 bits per heavy atom. The van der Waals surface area contributed by atoms with Crippen LogP contribution in [0.3, 0.4) is 0 Å². The zero-order valence-electron chi connectivity index (χ0n) is 21.2. The van der Waals surface area contributed by atoms with Crippen molar-refractivity contribution in [2.75, 3.05) is 27.9 Å². The van der Waals surface area contributed by atoms with Gasteiger partial charge < -0.3 is 28.5 Å². The summed E-state index contributed by atoms with van der Waals surface area (Å²) >= 11 is 0. The third kappa shape index (κ3) is 6.89. The number of carbonyl (C=O) groups excluding carboxylic acids is 3. The largest absolute Gasteiger partial charge is 0.465 e. The first-order valence-electron chi connectivity index (χ1n) is 11.4. The molecule has 4 rings (SSSR count). The van der Waals surface area contributed by atoms with Crippen molar-refractivity contribution >= 4 is 29.8 Å². The zero-order valence-corrected chi connectivity index (χ0v) is 21.2. The molecule has 3 aromatic rings. The number of hydrogen-bond acceptors (Lipinski definition) is 12. The van der Waals surface area contributed by atoms with Crippen LogP contribution in [0.5, 0.6) is 17.2 Å². The first-order chi connectivity index (χ1) is 18.9. The van der Waals surface area contributed by atoms with Crippen LogP contribution in [0.2, 0.25) is 0 Å². The number of aliphatic imine (C=N–C) groups is 1. The smallest absolute Gasteiger partial charge is 0.345 e. The van der Waals surface area contributed by atoms with E-state index in [0.29, 0.717) is 33.9 Å². The molecule has 12 nitrogen and oxygen atoms in total. The average molecular weight is 533 g/mol. The van der Waals surface area contributed by atoms with Gasteiger partial charge in [-0.05, 0) is 72.8 Å². The van der Waals surface area contributed by atoms with Crippen LogP contribution < -0.4 is 14.3 Å². The number of amidine groups is 1. The molecule has 1 aliphatic rings. The van der Waals surface area contributed by atoms with E-state index in [0.717, 1.165) is 0 Å². The van der Waals surface area contributed by atoms with Crippen molar-refractivity contribution < 1.29 is 42.9 Å².